The zero-order valence-corrected chi connectivity index (χ0v) is 17.2. The molecular weight excluding hydrogens is 448 g/mol. The first kappa shape index (κ1) is 21.2. The van der Waals surface area contributed by atoms with Crippen LogP contribution in [0.1, 0.15) is 15.9 Å². The number of nitrogens with zero attached hydrogens (tertiary/aromatic N) is 1. The highest BCUT2D eigenvalue weighted by Gasteiger charge is 2.30. The molecule has 0 aliphatic heterocycles. The van der Waals surface area contributed by atoms with Gasteiger partial charge in [0, 0.05) is 16.6 Å². The molecule has 0 aliphatic carbocycles. The maximum atomic E-state index is 13.0. The van der Waals surface area contributed by atoms with E-state index in [1.807, 2.05) is 0 Å². The van der Waals surface area contributed by atoms with Crippen LogP contribution in [-0.2, 0) is 6.18 Å². The monoisotopic (exact) mass is 460 g/mol. The fourth-order valence-corrected chi connectivity index (χ4v) is 3.44. The molecule has 1 aromatic heterocycles. The molecule has 0 saturated carbocycles. The van der Waals surface area contributed by atoms with E-state index in [2.05, 4.69) is 10.3 Å². The summed E-state index contributed by atoms with van der Waals surface area (Å²) in [5.74, 6) is -0.556. The lowest BCUT2D eigenvalue weighted by Crippen LogP contribution is -2.14. The van der Waals surface area contributed by atoms with Gasteiger partial charge in [-0.15, -0.1) is 0 Å². The molecule has 4 rings (SSSR count). The Hall–Kier alpha value is -3.09. The molecule has 0 atom stereocenters. The lowest BCUT2D eigenvalue weighted by Gasteiger charge is -2.12. The Kier molecular flexibility index (Phi) is 5.60. The van der Waals surface area contributed by atoms with Gasteiger partial charge in [-0.3, -0.25) is 4.79 Å². The Bertz CT molecular complexity index is 1310. The minimum atomic E-state index is -4.51. The number of pyridine rings is 1. The zero-order valence-electron chi connectivity index (χ0n) is 15.7. The summed E-state index contributed by atoms with van der Waals surface area (Å²) >= 11 is 12.1. The first-order valence-corrected chi connectivity index (χ1v) is 9.82. The summed E-state index contributed by atoms with van der Waals surface area (Å²) in [5.41, 5.74) is 1.14. The largest absolute Gasteiger partial charge is 0.416 e. The number of para-hydroxylation sites is 1. The quantitative estimate of drug-likeness (QED) is 0.344. The van der Waals surface area contributed by atoms with E-state index in [0.717, 1.165) is 12.1 Å². The van der Waals surface area contributed by atoms with Gasteiger partial charge in [0.15, 0.2) is 0 Å². The van der Waals surface area contributed by atoms with Crippen LogP contribution in [0, 0.1) is 0 Å². The molecule has 3 aromatic carbocycles. The van der Waals surface area contributed by atoms with Crippen molar-refractivity contribution in [1.29, 1.82) is 0 Å². The number of carbonyl (C=O) groups is 1. The SMILES string of the molecule is O=C(Nc1cccc(C(F)(F)F)c1)c1cc(-c2ccc(Cl)c(Cl)c2)nc2ccccc12. The first-order chi connectivity index (χ1) is 14.7. The zero-order chi connectivity index (χ0) is 22.2. The number of nitrogens with one attached hydrogen (secondary N) is 1. The lowest BCUT2D eigenvalue weighted by atomic mass is 10.0. The summed E-state index contributed by atoms with van der Waals surface area (Å²) in [4.78, 5) is 17.6. The van der Waals surface area contributed by atoms with E-state index in [1.54, 1.807) is 48.5 Å². The number of halogens is 5. The molecule has 0 unspecified atom stereocenters. The van der Waals surface area contributed by atoms with Gasteiger partial charge in [0.1, 0.15) is 0 Å². The number of carbonyl (C=O) groups excluding carboxylic acids is 1. The van der Waals surface area contributed by atoms with Crippen molar-refractivity contribution in [3.05, 3.63) is 94.0 Å². The molecule has 1 heterocycles. The maximum Gasteiger partial charge on any atom is 0.416 e. The predicted molar refractivity (Wildman–Crippen MR) is 117 cm³/mol. The number of aromatic nitrogens is 1. The summed E-state index contributed by atoms with van der Waals surface area (Å²) < 4.78 is 39.0. The van der Waals surface area contributed by atoms with Crippen LogP contribution in [0.15, 0.2) is 72.8 Å². The van der Waals surface area contributed by atoms with E-state index in [9.17, 15) is 18.0 Å². The second-order valence-corrected chi connectivity index (χ2v) is 7.55. The average Bonchev–Trinajstić information content (AvgIpc) is 2.74. The van der Waals surface area contributed by atoms with Crippen molar-refractivity contribution in [2.75, 3.05) is 5.32 Å². The Balaban J connectivity index is 1.77. The molecule has 31 heavy (non-hydrogen) atoms. The van der Waals surface area contributed by atoms with Crippen molar-refractivity contribution in [2.24, 2.45) is 0 Å². The highest BCUT2D eigenvalue weighted by molar-refractivity contribution is 6.42. The highest BCUT2D eigenvalue weighted by atomic mass is 35.5. The Morgan fingerprint density at radius 3 is 2.39 bits per heavy atom. The minimum absolute atomic E-state index is 0.0387. The molecular formula is C23H13Cl2F3N2O. The molecule has 0 aliphatic rings. The highest BCUT2D eigenvalue weighted by Crippen LogP contribution is 2.32. The van der Waals surface area contributed by atoms with Gasteiger partial charge in [-0.1, -0.05) is 53.5 Å². The van der Waals surface area contributed by atoms with Crippen molar-refractivity contribution in [3.63, 3.8) is 0 Å². The van der Waals surface area contributed by atoms with Gasteiger partial charge in [-0.25, -0.2) is 4.98 Å². The Morgan fingerprint density at radius 1 is 0.871 bits per heavy atom. The third-order valence-corrected chi connectivity index (χ3v) is 5.36. The van der Waals surface area contributed by atoms with Crippen molar-refractivity contribution < 1.29 is 18.0 Å². The summed E-state index contributed by atoms with van der Waals surface area (Å²) in [6.07, 6.45) is -4.51. The summed E-state index contributed by atoms with van der Waals surface area (Å²) in [5, 5.41) is 3.83. The molecule has 1 N–H and O–H groups in total. The van der Waals surface area contributed by atoms with E-state index in [4.69, 9.17) is 23.2 Å². The van der Waals surface area contributed by atoms with Crippen molar-refractivity contribution in [1.82, 2.24) is 4.98 Å². The summed E-state index contributed by atoms with van der Waals surface area (Å²) in [6, 6.07) is 18.0. The van der Waals surface area contributed by atoms with Crippen LogP contribution >= 0.6 is 23.2 Å². The standard InChI is InChI=1S/C23H13Cl2F3N2O/c24-18-9-8-13(10-19(18)25)21-12-17(16-6-1-2-7-20(16)30-21)22(31)29-15-5-3-4-14(11-15)23(26,27)28/h1-12H,(H,29,31). The van der Waals surface area contributed by atoms with Gasteiger partial charge < -0.3 is 5.32 Å². The minimum Gasteiger partial charge on any atom is -0.322 e. The Morgan fingerprint density at radius 2 is 1.65 bits per heavy atom. The van der Waals surface area contributed by atoms with Crippen LogP contribution in [0.5, 0.6) is 0 Å². The third-order valence-electron chi connectivity index (χ3n) is 4.62. The number of benzene rings is 3. The molecule has 4 aromatic rings. The second kappa shape index (κ2) is 8.21. The van der Waals surface area contributed by atoms with Gasteiger partial charge >= 0.3 is 6.18 Å². The van der Waals surface area contributed by atoms with E-state index < -0.39 is 17.6 Å². The number of hydrogen-bond donors (Lipinski definition) is 1. The van der Waals surface area contributed by atoms with Crippen LogP contribution in [0.3, 0.4) is 0 Å². The summed E-state index contributed by atoms with van der Waals surface area (Å²) in [7, 11) is 0. The van der Waals surface area contributed by atoms with Crippen LogP contribution in [0.4, 0.5) is 18.9 Å². The molecule has 0 fully saturated rings. The smallest absolute Gasteiger partial charge is 0.322 e. The van der Waals surface area contributed by atoms with Gasteiger partial charge in [-0.05, 0) is 42.5 Å². The Labute approximate surface area is 185 Å². The molecule has 0 bridgehead atoms. The average molecular weight is 461 g/mol. The second-order valence-electron chi connectivity index (χ2n) is 6.73. The van der Waals surface area contributed by atoms with Gasteiger partial charge in [0.25, 0.3) is 5.91 Å². The number of fused-ring (bicyclic) bond motifs is 1. The molecule has 156 valence electrons. The van der Waals surface area contributed by atoms with E-state index in [0.29, 0.717) is 32.2 Å². The molecule has 0 spiro atoms. The maximum absolute atomic E-state index is 13.0. The van der Waals surface area contributed by atoms with Gasteiger partial charge in [0.2, 0.25) is 0 Å². The topological polar surface area (TPSA) is 42.0 Å². The number of rotatable bonds is 3. The van der Waals surface area contributed by atoms with Crippen molar-refractivity contribution in [2.45, 2.75) is 6.18 Å². The summed E-state index contributed by atoms with van der Waals surface area (Å²) in [6.45, 7) is 0. The van der Waals surface area contributed by atoms with E-state index in [-0.39, 0.29) is 11.3 Å². The fraction of sp³-hybridized carbons (Fsp3) is 0.0435. The number of alkyl halides is 3. The third kappa shape index (κ3) is 4.50. The van der Waals surface area contributed by atoms with Crippen LogP contribution < -0.4 is 5.32 Å². The lowest BCUT2D eigenvalue weighted by molar-refractivity contribution is -0.137. The van der Waals surface area contributed by atoms with E-state index >= 15 is 0 Å². The normalized spacial score (nSPS) is 11.5. The van der Waals surface area contributed by atoms with Crippen molar-refractivity contribution in [3.8, 4) is 11.3 Å². The van der Waals surface area contributed by atoms with Crippen molar-refractivity contribution >= 4 is 45.7 Å². The van der Waals surface area contributed by atoms with Gasteiger partial charge in [0.05, 0.1) is 32.4 Å². The van der Waals surface area contributed by atoms with Crippen LogP contribution in [-0.4, -0.2) is 10.9 Å². The van der Waals surface area contributed by atoms with E-state index in [1.165, 1.54) is 12.1 Å². The fourth-order valence-electron chi connectivity index (χ4n) is 3.14. The van der Waals surface area contributed by atoms with Gasteiger partial charge in [-0.2, -0.15) is 13.2 Å². The van der Waals surface area contributed by atoms with Crippen LogP contribution in [0.25, 0.3) is 22.2 Å². The molecule has 3 nitrogen and oxygen atoms in total. The molecule has 0 radical (unpaired) electrons. The number of anilines is 1. The predicted octanol–water partition coefficient (Wildman–Crippen LogP) is 7.48. The molecule has 0 saturated heterocycles. The van der Waals surface area contributed by atoms with Crippen LogP contribution in [0.2, 0.25) is 10.0 Å². The number of amides is 1. The molecule has 8 heteroatoms. The molecule has 1 amide bonds. The first-order valence-electron chi connectivity index (χ1n) is 9.06. The number of hydrogen-bond acceptors (Lipinski definition) is 2.